The third-order valence-electron chi connectivity index (χ3n) is 5.20. The van der Waals surface area contributed by atoms with Gasteiger partial charge in [-0.1, -0.05) is 11.6 Å². The summed E-state index contributed by atoms with van der Waals surface area (Å²) < 4.78 is 4.51. The van der Waals surface area contributed by atoms with Crippen molar-refractivity contribution in [2.24, 2.45) is 0 Å². The Bertz CT molecular complexity index is 813. The Labute approximate surface area is 163 Å². The number of nitrogens with zero attached hydrogens (tertiary/aromatic N) is 2. The fourth-order valence-electron chi connectivity index (χ4n) is 3.89. The van der Waals surface area contributed by atoms with Crippen molar-refractivity contribution >= 4 is 24.0 Å². The van der Waals surface area contributed by atoms with E-state index in [-0.39, 0.29) is 30.4 Å². The van der Waals surface area contributed by atoms with Crippen molar-refractivity contribution in [3.05, 3.63) is 34.8 Å². The van der Waals surface area contributed by atoms with Crippen molar-refractivity contribution in [1.29, 1.82) is 0 Å². The first kappa shape index (κ1) is 19.6. The van der Waals surface area contributed by atoms with Crippen LogP contribution in [0.1, 0.15) is 25.7 Å². The van der Waals surface area contributed by atoms with E-state index in [0.29, 0.717) is 5.82 Å². The molecule has 4 rings (SSSR count). The maximum atomic E-state index is 12.8. The number of halogens is 1. The van der Waals surface area contributed by atoms with E-state index in [2.05, 4.69) is 30.2 Å². The topological polar surface area (TPSA) is 103 Å². The van der Waals surface area contributed by atoms with Crippen LogP contribution in [-0.2, 0) is 4.79 Å². The highest BCUT2D eigenvalue weighted by Crippen LogP contribution is 2.22. The zero-order chi connectivity index (χ0) is 17.9. The zero-order valence-corrected chi connectivity index (χ0v) is 15.8. The number of benzene rings is 1. The number of rotatable bonds is 4. The molecule has 3 heterocycles. The molecular weight excluding hydrogens is 370 g/mol. The van der Waals surface area contributed by atoms with Gasteiger partial charge in [-0.05, 0) is 63.2 Å². The zero-order valence-electron chi connectivity index (χ0n) is 14.9. The minimum Gasteiger partial charge on any atom is -0.325 e. The monoisotopic (exact) mass is 393 g/mol. The number of nitrogens with one attached hydrogen (secondary N) is 3. The van der Waals surface area contributed by atoms with Gasteiger partial charge in [-0.15, -0.1) is 12.4 Å². The third kappa shape index (κ3) is 4.40. The molecule has 0 radical (unpaired) electrons. The highest BCUT2D eigenvalue weighted by molar-refractivity contribution is 5.95. The van der Waals surface area contributed by atoms with Crippen molar-refractivity contribution in [2.45, 2.75) is 37.8 Å². The molecule has 8 nitrogen and oxygen atoms in total. The lowest BCUT2D eigenvalue weighted by molar-refractivity contribution is -0.119. The predicted octanol–water partition coefficient (Wildman–Crippen LogP) is 1.61. The van der Waals surface area contributed by atoms with E-state index in [4.69, 9.17) is 0 Å². The normalized spacial score (nSPS) is 23.0. The molecule has 0 spiro atoms. The Morgan fingerprint density at radius 1 is 1.19 bits per heavy atom. The van der Waals surface area contributed by atoms with Crippen molar-refractivity contribution in [1.82, 2.24) is 20.4 Å². The molecule has 2 aliphatic rings. The lowest BCUT2D eigenvalue weighted by Gasteiger charge is -2.34. The van der Waals surface area contributed by atoms with Crippen LogP contribution in [0.25, 0.3) is 11.4 Å². The van der Waals surface area contributed by atoms with Crippen molar-refractivity contribution < 1.29 is 9.32 Å². The number of hydrogen-bond donors (Lipinski definition) is 3. The van der Waals surface area contributed by atoms with Gasteiger partial charge in [0, 0.05) is 17.3 Å². The molecule has 1 aromatic heterocycles. The molecule has 0 aliphatic carbocycles. The average molecular weight is 394 g/mol. The number of carbonyl (C=O) groups is 1. The molecule has 0 bridgehead atoms. The van der Waals surface area contributed by atoms with E-state index < -0.39 is 5.76 Å². The average Bonchev–Trinajstić information content (AvgIpc) is 3.32. The van der Waals surface area contributed by atoms with E-state index in [9.17, 15) is 9.59 Å². The van der Waals surface area contributed by atoms with Gasteiger partial charge in [0.2, 0.25) is 5.91 Å². The van der Waals surface area contributed by atoms with Crippen LogP contribution < -0.4 is 16.4 Å². The summed E-state index contributed by atoms with van der Waals surface area (Å²) in [5.41, 5.74) is 1.44. The number of carbonyl (C=O) groups excluding carboxylic acids is 1. The van der Waals surface area contributed by atoms with Crippen molar-refractivity contribution in [3.8, 4) is 11.4 Å². The van der Waals surface area contributed by atoms with Gasteiger partial charge in [0.1, 0.15) is 6.04 Å². The van der Waals surface area contributed by atoms with Crippen molar-refractivity contribution in [3.63, 3.8) is 0 Å². The molecule has 2 fully saturated rings. The van der Waals surface area contributed by atoms with Crippen LogP contribution in [0, 0.1) is 0 Å². The lowest BCUT2D eigenvalue weighted by Crippen LogP contribution is -2.51. The number of likely N-dealkylation sites (tertiary alicyclic amines) is 1. The Kier molecular flexibility index (Phi) is 6.30. The summed E-state index contributed by atoms with van der Waals surface area (Å²) in [6, 6.07) is 7.26. The summed E-state index contributed by atoms with van der Waals surface area (Å²) in [5, 5.41) is 10.00. The molecule has 0 unspecified atom stereocenters. The first-order valence-corrected chi connectivity index (χ1v) is 9.15. The predicted molar refractivity (Wildman–Crippen MR) is 104 cm³/mol. The van der Waals surface area contributed by atoms with Gasteiger partial charge in [-0.25, -0.2) is 4.79 Å². The first-order valence-electron chi connectivity index (χ1n) is 9.15. The second-order valence-corrected chi connectivity index (χ2v) is 6.89. The summed E-state index contributed by atoms with van der Waals surface area (Å²) >= 11 is 0. The van der Waals surface area contributed by atoms with Crippen LogP contribution >= 0.6 is 12.4 Å². The maximum absolute atomic E-state index is 12.8. The van der Waals surface area contributed by atoms with Crippen molar-refractivity contribution in [2.75, 3.05) is 25.0 Å². The standard InChI is InChI=1S/C18H23N5O3.ClH/c24-17(15-14(8-9-19-15)23-10-2-1-3-11-23)20-13-6-4-12(5-7-13)16-21-18(25)26-22-16;/h4-7,14-15,19H,1-3,8-11H2,(H,20,24)(H,21,22,25);1H/t14-,15+;/m1./s1. The van der Waals surface area contributed by atoms with E-state index in [1.807, 2.05) is 0 Å². The van der Waals surface area contributed by atoms with Gasteiger partial charge in [0.15, 0.2) is 5.82 Å². The molecule has 1 aromatic carbocycles. The number of hydrogen-bond acceptors (Lipinski definition) is 6. The Morgan fingerprint density at radius 2 is 1.93 bits per heavy atom. The Balaban J connectivity index is 0.00000210. The molecule has 27 heavy (non-hydrogen) atoms. The minimum absolute atomic E-state index is 0. The van der Waals surface area contributed by atoms with Gasteiger partial charge in [-0.2, -0.15) is 0 Å². The highest BCUT2D eigenvalue weighted by Gasteiger charge is 2.36. The molecule has 2 saturated heterocycles. The lowest BCUT2D eigenvalue weighted by atomic mass is 10.0. The number of anilines is 1. The second-order valence-electron chi connectivity index (χ2n) is 6.89. The fraction of sp³-hybridized carbons (Fsp3) is 0.500. The SMILES string of the molecule is Cl.O=C(Nc1ccc(-c2noc(=O)[nH]2)cc1)[C@H]1NCC[C@H]1N1CCCCC1. The number of amides is 1. The van der Waals surface area contributed by atoms with Crippen LogP contribution in [0.4, 0.5) is 5.69 Å². The second kappa shape index (κ2) is 8.69. The summed E-state index contributed by atoms with van der Waals surface area (Å²) in [4.78, 5) is 28.7. The summed E-state index contributed by atoms with van der Waals surface area (Å²) in [6.45, 7) is 3.04. The summed E-state index contributed by atoms with van der Waals surface area (Å²) in [5.74, 6) is -0.218. The van der Waals surface area contributed by atoms with E-state index in [0.717, 1.165) is 37.3 Å². The van der Waals surface area contributed by atoms with Crippen LogP contribution in [0.2, 0.25) is 0 Å². The maximum Gasteiger partial charge on any atom is 0.439 e. The molecular formula is C18H24ClN5O3. The number of aromatic nitrogens is 2. The van der Waals surface area contributed by atoms with Crippen LogP contribution in [0.5, 0.6) is 0 Å². The fourth-order valence-corrected chi connectivity index (χ4v) is 3.89. The van der Waals surface area contributed by atoms with Gasteiger partial charge in [0.25, 0.3) is 0 Å². The minimum atomic E-state index is -0.589. The molecule has 0 saturated carbocycles. The first-order chi connectivity index (χ1) is 12.7. The molecule has 3 N–H and O–H groups in total. The van der Waals surface area contributed by atoms with Gasteiger partial charge in [-0.3, -0.25) is 19.2 Å². The smallest absolute Gasteiger partial charge is 0.325 e. The molecule has 2 aromatic rings. The van der Waals surface area contributed by atoms with Crippen LogP contribution in [-0.4, -0.2) is 52.7 Å². The van der Waals surface area contributed by atoms with Gasteiger partial charge < -0.3 is 10.6 Å². The van der Waals surface area contributed by atoms with E-state index >= 15 is 0 Å². The third-order valence-corrected chi connectivity index (χ3v) is 5.20. The quantitative estimate of drug-likeness (QED) is 0.729. The molecule has 2 aliphatic heterocycles. The molecule has 2 atom stereocenters. The largest absolute Gasteiger partial charge is 0.439 e. The summed E-state index contributed by atoms with van der Waals surface area (Å²) in [7, 11) is 0. The number of H-pyrrole nitrogens is 1. The van der Waals surface area contributed by atoms with Crippen LogP contribution in [0.15, 0.2) is 33.6 Å². The molecule has 9 heteroatoms. The molecule has 146 valence electrons. The Hall–Kier alpha value is -2.16. The van der Waals surface area contributed by atoms with Gasteiger partial charge >= 0.3 is 5.76 Å². The van der Waals surface area contributed by atoms with E-state index in [1.54, 1.807) is 24.3 Å². The van der Waals surface area contributed by atoms with Gasteiger partial charge in [0.05, 0.1) is 0 Å². The van der Waals surface area contributed by atoms with E-state index in [1.165, 1.54) is 19.3 Å². The van der Waals surface area contributed by atoms with Crippen LogP contribution in [0.3, 0.4) is 0 Å². The number of aromatic amines is 1. The highest BCUT2D eigenvalue weighted by atomic mass is 35.5. The summed E-state index contributed by atoms with van der Waals surface area (Å²) in [6.07, 6.45) is 4.74. The molecule has 1 amide bonds. The number of piperidine rings is 1. The Morgan fingerprint density at radius 3 is 2.59 bits per heavy atom.